The molecule has 0 aliphatic heterocycles. The molecular weight excluding hydrogens is 646 g/mol. The molecule has 16 heteroatoms. The fraction of sp³-hybridized carbons (Fsp3) is 0.471. The number of carbonyl (C=O) groups is 6. The average Bonchev–Trinajstić information content (AvgIpc) is 3.11. The number of aromatic hydroxyl groups is 1. The molecule has 0 aliphatic carbocycles. The number of rotatable bonds is 23. The maximum atomic E-state index is 13.3. The Bertz CT molecular complexity index is 1380. The Morgan fingerprint density at radius 1 is 0.660 bits per heavy atom. The monoisotopic (exact) mass is 697 g/mol. The van der Waals surface area contributed by atoms with Gasteiger partial charge in [0.05, 0.1) is 19.1 Å². The SMILES string of the molecule is NCCCC(=O)NCCN(CCNC(=O)[C@H](Cc1ccccc1)NC(=O)CNC(=O)CNC(=O)[C@@H](N)Cc1ccc(O)cc1)C(=O)CCCN. The van der Waals surface area contributed by atoms with Crippen LogP contribution in [-0.2, 0) is 41.6 Å². The first-order valence-corrected chi connectivity index (χ1v) is 16.7. The van der Waals surface area contributed by atoms with Crippen LogP contribution in [0.3, 0.4) is 0 Å². The van der Waals surface area contributed by atoms with Crippen molar-refractivity contribution in [2.75, 3.05) is 52.4 Å². The summed E-state index contributed by atoms with van der Waals surface area (Å²) in [4.78, 5) is 77.0. The van der Waals surface area contributed by atoms with Gasteiger partial charge in [0.1, 0.15) is 11.8 Å². The minimum Gasteiger partial charge on any atom is -0.508 e. The summed E-state index contributed by atoms with van der Waals surface area (Å²) in [6.45, 7) is 0.605. The molecule has 0 aromatic heterocycles. The number of carbonyl (C=O) groups excluding carboxylic acids is 6. The second-order valence-corrected chi connectivity index (χ2v) is 11.6. The number of phenolic OH excluding ortho intramolecular Hbond substituents is 1. The van der Waals surface area contributed by atoms with E-state index in [0.717, 1.165) is 11.1 Å². The van der Waals surface area contributed by atoms with Crippen LogP contribution in [0.5, 0.6) is 5.75 Å². The van der Waals surface area contributed by atoms with Crippen molar-refractivity contribution in [3.8, 4) is 5.75 Å². The van der Waals surface area contributed by atoms with Gasteiger partial charge >= 0.3 is 0 Å². The highest BCUT2D eigenvalue weighted by atomic mass is 16.3. The van der Waals surface area contributed by atoms with Crippen LogP contribution in [-0.4, -0.2) is 110 Å². The lowest BCUT2D eigenvalue weighted by molar-refractivity contribution is -0.132. The molecular formula is C34H51N9O7. The first kappa shape index (κ1) is 41.1. The smallest absolute Gasteiger partial charge is 0.242 e. The van der Waals surface area contributed by atoms with Crippen molar-refractivity contribution in [2.24, 2.45) is 17.2 Å². The van der Waals surface area contributed by atoms with E-state index in [9.17, 15) is 33.9 Å². The quantitative estimate of drug-likeness (QED) is 0.0603. The van der Waals surface area contributed by atoms with Crippen LogP contribution in [0.25, 0.3) is 0 Å². The van der Waals surface area contributed by atoms with Gasteiger partial charge in [-0.3, -0.25) is 28.8 Å². The molecule has 0 unspecified atom stereocenters. The van der Waals surface area contributed by atoms with Gasteiger partial charge in [0.25, 0.3) is 0 Å². The average molecular weight is 698 g/mol. The summed E-state index contributed by atoms with van der Waals surface area (Å²) in [5.41, 5.74) is 18.4. The molecule has 2 aromatic rings. The number of phenols is 1. The predicted molar refractivity (Wildman–Crippen MR) is 187 cm³/mol. The minimum absolute atomic E-state index is 0.0841. The van der Waals surface area contributed by atoms with Gasteiger partial charge in [0, 0.05) is 45.4 Å². The highest BCUT2D eigenvalue weighted by Gasteiger charge is 2.23. The largest absolute Gasteiger partial charge is 0.508 e. The first-order chi connectivity index (χ1) is 24.0. The third-order valence-electron chi connectivity index (χ3n) is 7.47. The molecule has 2 aromatic carbocycles. The number of benzene rings is 2. The summed E-state index contributed by atoms with van der Waals surface area (Å²) in [5.74, 6) is -2.57. The Morgan fingerprint density at radius 3 is 1.92 bits per heavy atom. The molecule has 274 valence electrons. The molecule has 0 saturated heterocycles. The van der Waals surface area contributed by atoms with Gasteiger partial charge in [0.2, 0.25) is 35.4 Å². The van der Waals surface area contributed by atoms with Gasteiger partial charge in [-0.15, -0.1) is 0 Å². The minimum atomic E-state index is -0.998. The Labute approximate surface area is 292 Å². The highest BCUT2D eigenvalue weighted by molar-refractivity contribution is 5.92. The Balaban J connectivity index is 1.89. The molecule has 12 N–H and O–H groups in total. The molecule has 0 spiro atoms. The van der Waals surface area contributed by atoms with Crippen LogP contribution < -0.4 is 43.8 Å². The number of hydrogen-bond donors (Lipinski definition) is 9. The third kappa shape index (κ3) is 16.9. The molecule has 0 saturated carbocycles. The number of nitrogens with two attached hydrogens (primary N) is 3. The second-order valence-electron chi connectivity index (χ2n) is 11.6. The third-order valence-corrected chi connectivity index (χ3v) is 7.47. The first-order valence-electron chi connectivity index (χ1n) is 16.7. The Hall–Kier alpha value is -5.06. The highest BCUT2D eigenvalue weighted by Crippen LogP contribution is 2.11. The van der Waals surface area contributed by atoms with E-state index < -0.39 is 48.8 Å². The van der Waals surface area contributed by atoms with Crippen LogP contribution >= 0.6 is 0 Å². The second kappa shape index (κ2) is 23.3. The zero-order valence-electron chi connectivity index (χ0n) is 28.3. The van der Waals surface area contributed by atoms with E-state index in [1.54, 1.807) is 29.2 Å². The molecule has 0 fully saturated rings. The normalized spacial score (nSPS) is 11.8. The molecule has 0 radical (unpaired) electrons. The molecule has 0 aliphatic rings. The van der Waals surface area contributed by atoms with Gasteiger partial charge in [0.15, 0.2) is 0 Å². The zero-order valence-corrected chi connectivity index (χ0v) is 28.3. The van der Waals surface area contributed by atoms with E-state index in [0.29, 0.717) is 32.4 Å². The molecule has 0 bridgehead atoms. The van der Waals surface area contributed by atoms with E-state index in [1.165, 1.54) is 12.1 Å². The van der Waals surface area contributed by atoms with Crippen molar-refractivity contribution >= 4 is 35.4 Å². The topological polar surface area (TPSA) is 264 Å². The van der Waals surface area contributed by atoms with Crippen molar-refractivity contribution in [1.82, 2.24) is 31.5 Å². The lowest BCUT2D eigenvalue weighted by Crippen LogP contribution is -2.52. The van der Waals surface area contributed by atoms with Crippen LogP contribution in [0.1, 0.15) is 36.8 Å². The lowest BCUT2D eigenvalue weighted by atomic mass is 10.1. The number of hydrogen-bond acceptors (Lipinski definition) is 10. The van der Waals surface area contributed by atoms with Crippen LogP contribution in [0.15, 0.2) is 54.6 Å². The van der Waals surface area contributed by atoms with E-state index >= 15 is 0 Å². The maximum Gasteiger partial charge on any atom is 0.242 e. The van der Waals surface area contributed by atoms with Gasteiger partial charge in [-0.05, 0) is 55.6 Å². The molecule has 16 nitrogen and oxygen atoms in total. The van der Waals surface area contributed by atoms with Crippen LogP contribution in [0.4, 0.5) is 0 Å². The fourth-order valence-electron chi connectivity index (χ4n) is 4.71. The van der Waals surface area contributed by atoms with Gasteiger partial charge in [-0.25, -0.2) is 0 Å². The summed E-state index contributed by atoms with van der Waals surface area (Å²) >= 11 is 0. The van der Waals surface area contributed by atoms with Crippen molar-refractivity contribution < 1.29 is 33.9 Å². The molecule has 2 rings (SSSR count). The Morgan fingerprint density at radius 2 is 1.26 bits per heavy atom. The van der Waals surface area contributed by atoms with Crippen LogP contribution in [0.2, 0.25) is 0 Å². The molecule has 50 heavy (non-hydrogen) atoms. The van der Waals surface area contributed by atoms with E-state index in [4.69, 9.17) is 17.2 Å². The molecule has 6 amide bonds. The van der Waals surface area contributed by atoms with Crippen LogP contribution in [0, 0.1) is 0 Å². The summed E-state index contributed by atoms with van der Waals surface area (Å²) in [5, 5.41) is 22.4. The van der Waals surface area contributed by atoms with E-state index in [2.05, 4.69) is 26.6 Å². The standard InChI is InChI=1S/C34H51N9O7/c35-14-4-8-29(45)38-16-18-43(32(48)9-5-15-36)19-17-39-34(50)28(21-24-6-2-1-3-7-24)42-31(47)23-40-30(46)22-41-33(49)27(37)20-25-10-12-26(44)13-11-25/h1-3,6-7,10-13,27-28,44H,4-5,8-9,14-23,35-37H2,(H,38,45)(H,39,50)(H,40,46)(H,41,49)(H,42,47)/t27-,28-/m0/s1. The van der Waals surface area contributed by atoms with Gasteiger partial charge in [-0.2, -0.15) is 0 Å². The molecule has 2 atom stereocenters. The van der Waals surface area contributed by atoms with Gasteiger partial charge in [-0.1, -0.05) is 42.5 Å². The Kier molecular flexibility index (Phi) is 19.2. The summed E-state index contributed by atoms with van der Waals surface area (Å²) in [6, 6.07) is 13.3. The predicted octanol–water partition coefficient (Wildman–Crippen LogP) is -2.24. The summed E-state index contributed by atoms with van der Waals surface area (Å²) in [6.07, 6.45) is 1.92. The van der Waals surface area contributed by atoms with Crippen molar-refractivity contribution in [1.29, 1.82) is 0 Å². The maximum absolute atomic E-state index is 13.3. The van der Waals surface area contributed by atoms with Gasteiger partial charge < -0.3 is 53.8 Å². The van der Waals surface area contributed by atoms with Crippen molar-refractivity contribution in [2.45, 2.75) is 50.6 Å². The number of nitrogens with one attached hydrogen (secondary N) is 5. The van der Waals surface area contributed by atoms with E-state index in [-0.39, 0.29) is 63.0 Å². The fourth-order valence-corrected chi connectivity index (χ4v) is 4.71. The number of nitrogens with zero attached hydrogens (tertiary/aromatic N) is 1. The molecule has 0 heterocycles. The van der Waals surface area contributed by atoms with Crippen molar-refractivity contribution in [3.63, 3.8) is 0 Å². The zero-order chi connectivity index (χ0) is 36.7. The summed E-state index contributed by atoms with van der Waals surface area (Å²) < 4.78 is 0. The van der Waals surface area contributed by atoms with Crippen molar-refractivity contribution in [3.05, 3.63) is 65.7 Å². The number of amides is 6. The lowest BCUT2D eigenvalue weighted by Gasteiger charge is -2.24. The summed E-state index contributed by atoms with van der Waals surface area (Å²) in [7, 11) is 0. The van der Waals surface area contributed by atoms with E-state index in [1.807, 2.05) is 18.2 Å².